The maximum Gasteiger partial charge on any atom is 0.508 e. The smallest absolute Gasteiger partial charge is 0.462 e. The molecule has 184 valence electrons. The maximum absolute atomic E-state index is 11.5. The SMILES string of the molecule is C=CC(=O)OCC(O)COC(=O)C(C)(C)CC.CCC(C)(C)C(=O)OCC1COC(=O)O1. The lowest BCUT2D eigenvalue weighted by Gasteiger charge is -2.21. The Labute approximate surface area is 189 Å². The molecular weight excluding hydrogens is 424 g/mol. The number of aliphatic hydroxyl groups is 1. The van der Waals surface area contributed by atoms with Crippen LogP contribution in [0.2, 0.25) is 0 Å². The fourth-order valence-corrected chi connectivity index (χ4v) is 1.75. The summed E-state index contributed by atoms with van der Waals surface area (Å²) in [5.74, 6) is -1.29. The van der Waals surface area contributed by atoms with Crippen LogP contribution in [-0.2, 0) is 38.1 Å². The van der Waals surface area contributed by atoms with Gasteiger partial charge in [-0.2, -0.15) is 0 Å². The van der Waals surface area contributed by atoms with Gasteiger partial charge in [0.2, 0.25) is 0 Å². The van der Waals surface area contributed by atoms with E-state index in [0.717, 1.165) is 6.08 Å². The van der Waals surface area contributed by atoms with E-state index in [1.54, 1.807) is 13.8 Å². The van der Waals surface area contributed by atoms with Crippen LogP contribution in [-0.4, -0.2) is 67.8 Å². The summed E-state index contributed by atoms with van der Waals surface area (Å²) in [6.07, 6.45) is 0.162. The number of carbonyl (C=O) groups excluding carboxylic acids is 4. The first-order chi connectivity index (χ1) is 14.8. The number of aliphatic hydroxyl groups excluding tert-OH is 1. The van der Waals surface area contributed by atoms with Gasteiger partial charge in [0, 0.05) is 6.08 Å². The molecule has 0 aromatic rings. The number of ether oxygens (including phenoxy) is 5. The van der Waals surface area contributed by atoms with Gasteiger partial charge in [0.25, 0.3) is 0 Å². The average molecular weight is 461 g/mol. The lowest BCUT2D eigenvalue weighted by molar-refractivity contribution is -0.159. The van der Waals surface area contributed by atoms with Gasteiger partial charge in [0.05, 0.1) is 10.8 Å². The summed E-state index contributed by atoms with van der Waals surface area (Å²) in [6, 6.07) is 0. The Kier molecular flexibility index (Phi) is 12.6. The first-order valence-electron chi connectivity index (χ1n) is 10.4. The summed E-state index contributed by atoms with van der Waals surface area (Å²) in [4.78, 5) is 44.3. The van der Waals surface area contributed by atoms with Gasteiger partial charge in [-0.3, -0.25) is 9.59 Å². The molecule has 1 heterocycles. The van der Waals surface area contributed by atoms with Gasteiger partial charge in [-0.15, -0.1) is 0 Å². The van der Waals surface area contributed by atoms with Crippen LogP contribution in [0.3, 0.4) is 0 Å². The van der Waals surface area contributed by atoms with Gasteiger partial charge in [-0.25, -0.2) is 9.59 Å². The summed E-state index contributed by atoms with van der Waals surface area (Å²) < 4.78 is 23.8. The van der Waals surface area contributed by atoms with Crippen molar-refractivity contribution in [3.05, 3.63) is 12.7 Å². The van der Waals surface area contributed by atoms with Crippen molar-refractivity contribution in [1.29, 1.82) is 0 Å². The van der Waals surface area contributed by atoms with Crippen LogP contribution in [0, 0.1) is 10.8 Å². The van der Waals surface area contributed by atoms with Crippen LogP contribution in [0.25, 0.3) is 0 Å². The van der Waals surface area contributed by atoms with Crippen molar-refractivity contribution < 1.29 is 48.0 Å². The Morgan fingerprint density at radius 3 is 2.00 bits per heavy atom. The Morgan fingerprint density at radius 2 is 1.56 bits per heavy atom. The lowest BCUT2D eigenvalue weighted by atomic mass is 9.91. The molecule has 0 amide bonds. The Bertz CT molecular complexity index is 653. The number of rotatable bonds is 11. The van der Waals surface area contributed by atoms with Crippen LogP contribution < -0.4 is 0 Å². The average Bonchev–Trinajstić information content (AvgIpc) is 3.19. The van der Waals surface area contributed by atoms with E-state index in [2.05, 4.69) is 16.1 Å². The molecule has 0 spiro atoms. The highest BCUT2D eigenvalue weighted by Crippen LogP contribution is 2.22. The first-order valence-corrected chi connectivity index (χ1v) is 10.4. The number of hydrogen-bond acceptors (Lipinski definition) is 10. The first kappa shape index (κ1) is 29.4. The number of esters is 3. The molecule has 1 aliphatic heterocycles. The molecule has 0 aliphatic carbocycles. The molecule has 1 saturated heterocycles. The minimum atomic E-state index is -1.02. The molecular formula is C22H36O10. The van der Waals surface area contributed by atoms with Crippen LogP contribution in [0.4, 0.5) is 4.79 Å². The Morgan fingerprint density at radius 1 is 1.06 bits per heavy atom. The van der Waals surface area contributed by atoms with Gasteiger partial charge in [0.1, 0.15) is 32.5 Å². The second-order valence-corrected chi connectivity index (χ2v) is 8.46. The van der Waals surface area contributed by atoms with Gasteiger partial charge in [0.15, 0.2) is 6.10 Å². The Balaban J connectivity index is 0.000000604. The monoisotopic (exact) mass is 460 g/mol. The van der Waals surface area contributed by atoms with E-state index in [1.807, 2.05) is 27.7 Å². The number of carbonyl (C=O) groups is 4. The van der Waals surface area contributed by atoms with Crippen molar-refractivity contribution in [2.75, 3.05) is 26.4 Å². The molecule has 2 unspecified atom stereocenters. The van der Waals surface area contributed by atoms with E-state index in [9.17, 15) is 24.3 Å². The van der Waals surface area contributed by atoms with Crippen molar-refractivity contribution in [2.24, 2.45) is 10.8 Å². The van der Waals surface area contributed by atoms with E-state index in [0.29, 0.717) is 12.8 Å². The summed E-state index contributed by atoms with van der Waals surface area (Å²) in [5.41, 5.74) is -1.07. The highest BCUT2D eigenvalue weighted by Gasteiger charge is 2.31. The van der Waals surface area contributed by atoms with Gasteiger partial charge < -0.3 is 28.8 Å². The van der Waals surface area contributed by atoms with Crippen LogP contribution in [0.15, 0.2) is 12.7 Å². The predicted molar refractivity (Wildman–Crippen MR) is 113 cm³/mol. The van der Waals surface area contributed by atoms with E-state index >= 15 is 0 Å². The summed E-state index contributed by atoms with van der Waals surface area (Å²) in [7, 11) is 0. The van der Waals surface area contributed by atoms with E-state index in [1.165, 1.54) is 0 Å². The van der Waals surface area contributed by atoms with E-state index in [4.69, 9.17) is 14.2 Å². The fraction of sp³-hybridized carbons (Fsp3) is 0.727. The minimum Gasteiger partial charge on any atom is -0.462 e. The van der Waals surface area contributed by atoms with Crippen molar-refractivity contribution in [3.8, 4) is 0 Å². The van der Waals surface area contributed by atoms with Gasteiger partial charge >= 0.3 is 24.1 Å². The molecule has 0 saturated carbocycles. The van der Waals surface area contributed by atoms with Gasteiger partial charge in [-0.1, -0.05) is 20.4 Å². The zero-order chi connectivity index (χ0) is 24.9. The van der Waals surface area contributed by atoms with Crippen LogP contribution in [0.5, 0.6) is 0 Å². The molecule has 2 atom stereocenters. The van der Waals surface area contributed by atoms with Crippen molar-refractivity contribution in [2.45, 2.75) is 66.6 Å². The number of cyclic esters (lactones) is 2. The largest absolute Gasteiger partial charge is 0.508 e. The molecule has 0 radical (unpaired) electrons. The Hall–Kier alpha value is -2.62. The molecule has 1 fully saturated rings. The highest BCUT2D eigenvalue weighted by atomic mass is 16.8. The van der Waals surface area contributed by atoms with Crippen molar-refractivity contribution in [1.82, 2.24) is 0 Å². The second-order valence-electron chi connectivity index (χ2n) is 8.46. The highest BCUT2D eigenvalue weighted by molar-refractivity contribution is 5.81. The molecule has 1 rings (SSSR count). The molecule has 0 bridgehead atoms. The predicted octanol–water partition coefficient (Wildman–Crippen LogP) is 2.56. The minimum absolute atomic E-state index is 0.0635. The molecule has 10 heteroatoms. The number of hydrogen-bond donors (Lipinski definition) is 1. The maximum atomic E-state index is 11.5. The molecule has 0 aromatic heterocycles. The molecule has 1 aliphatic rings. The second kappa shape index (κ2) is 13.7. The molecule has 10 nitrogen and oxygen atoms in total. The van der Waals surface area contributed by atoms with Crippen LogP contribution >= 0.6 is 0 Å². The fourth-order valence-electron chi connectivity index (χ4n) is 1.75. The summed E-state index contributed by atoms with van der Waals surface area (Å²) in [6.45, 7) is 14.0. The molecule has 1 N–H and O–H groups in total. The summed E-state index contributed by atoms with van der Waals surface area (Å²) >= 11 is 0. The summed E-state index contributed by atoms with van der Waals surface area (Å²) in [5, 5.41) is 9.39. The van der Waals surface area contributed by atoms with Crippen molar-refractivity contribution in [3.63, 3.8) is 0 Å². The quantitative estimate of drug-likeness (QED) is 0.278. The zero-order valence-electron chi connectivity index (χ0n) is 19.8. The lowest BCUT2D eigenvalue weighted by Crippen LogP contribution is -2.31. The molecule has 0 aromatic carbocycles. The third kappa shape index (κ3) is 11.1. The van der Waals surface area contributed by atoms with Crippen LogP contribution in [0.1, 0.15) is 54.4 Å². The zero-order valence-corrected chi connectivity index (χ0v) is 19.8. The third-order valence-electron chi connectivity index (χ3n) is 4.91. The van der Waals surface area contributed by atoms with Crippen molar-refractivity contribution >= 4 is 24.1 Å². The normalized spacial score (nSPS) is 16.5. The van der Waals surface area contributed by atoms with E-state index in [-0.39, 0.29) is 38.4 Å². The third-order valence-corrected chi connectivity index (χ3v) is 4.91. The standard InChI is InChI=1S/C12H20O5.C10H16O5/c1-5-10(14)16-7-9(13)8-17-11(15)12(3,4)6-2;1-4-10(2,3)8(11)13-5-7-6-14-9(12)15-7/h5,9,13H,1,6-8H2,2-4H3;7H,4-6H2,1-3H3. The topological polar surface area (TPSA) is 135 Å². The van der Waals surface area contributed by atoms with Gasteiger partial charge in [-0.05, 0) is 40.5 Å². The van der Waals surface area contributed by atoms with E-state index < -0.39 is 35.2 Å². The molecule has 32 heavy (non-hydrogen) atoms.